The highest BCUT2D eigenvalue weighted by Gasteiger charge is 1.98. The van der Waals surface area contributed by atoms with Gasteiger partial charge in [-0.2, -0.15) is 11.8 Å². The van der Waals surface area contributed by atoms with Gasteiger partial charge in [-0.1, -0.05) is 6.92 Å². The summed E-state index contributed by atoms with van der Waals surface area (Å²) in [5.74, 6) is 1.64. The average Bonchev–Trinajstić information content (AvgIpc) is 1.83. The zero-order valence-corrected chi connectivity index (χ0v) is 5.82. The Labute approximate surface area is 53.9 Å². The topological polar surface area (TPSA) is 40.5 Å². The number of rotatable bonds is 4. The largest absolute Gasteiger partial charge is 0.394 e. The minimum atomic E-state index is -0.528. The lowest BCUT2D eigenvalue weighted by molar-refractivity contribution is 0.113. The van der Waals surface area contributed by atoms with Gasteiger partial charge in [0.05, 0.1) is 12.7 Å². The van der Waals surface area contributed by atoms with Crippen molar-refractivity contribution in [3.63, 3.8) is 0 Å². The molecule has 0 aromatic rings. The van der Waals surface area contributed by atoms with Crippen LogP contribution in [0, 0.1) is 0 Å². The van der Waals surface area contributed by atoms with Gasteiger partial charge < -0.3 is 10.2 Å². The fourth-order valence-corrected chi connectivity index (χ4v) is 0.920. The molecule has 1 unspecified atom stereocenters. The average molecular weight is 136 g/mol. The van der Waals surface area contributed by atoms with Crippen LogP contribution in [0.1, 0.15) is 6.92 Å². The maximum absolute atomic E-state index is 8.72. The summed E-state index contributed by atoms with van der Waals surface area (Å²) >= 11 is 1.63. The molecule has 3 heteroatoms. The number of thioether (sulfide) groups is 1. The summed E-state index contributed by atoms with van der Waals surface area (Å²) in [5, 5.41) is 17.0. The minimum Gasteiger partial charge on any atom is -0.394 e. The van der Waals surface area contributed by atoms with Crippen molar-refractivity contribution >= 4 is 11.8 Å². The lowest BCUT2D eigenvalue weighted by Gasteiger charge is -2.02. The van der Waals surface area contributed by atoms with Crippen molar-refractivity contribution in [3.05, 3.63) is 0 Å². The van der Waals surface area contributed by atoms with Crippen molar-refractivity contribution in [1.29, 1.82) is 0 Å². The molecule has 0 amide bonds. The monoisotopic (exact) mass is 136 g/mol. The Hall–Kier alpha value is 0.270. The van der Waals surface area contributed by atoms with Crippen molar-refractivity contribution < 1.29 is 10.2 Å². The Kier molecular flexibility index (Phi) is 5.59. The van der Waals surface area contributed by atoms with Crippen molar-refractivity contribution in [1.82, 2.24) is 0 Å². The van der Waals surface area contributed by atoms with Gasteiger partial charge in [0.25, 0.3) is 0 Å². The van der Waals surface area contributed by atoms with E-state index in [1.807, 2.05) is 6.92 Å². The lowest BCUT2D eigenvalue weighted by atomic mass is 10.4. The predicted molar refractivity (Wildman–Crippen MR) is 36.1 cm³/mol. The van der Waals surface area contributed by atoms with Gasteiger partial charge in [-0.3, -0.25) is 0 Å². The first-order chi connectivity index (χ1) is 3.81. The van der Waals surface area contributed by atoms with E-state index >= 15 is 0 Å². The van der Waals surface area contributed by atoms with E-state index < -0.39 is 6.10 Å². The maximum atomic E-state index is 8.72. The van der Waals surface area contributed by atoms with Crippen molar-refractivity contribution in [2.45, 2.75) is 13.0 Å². The van der Waals surface area contributed by atoms with Crippen LogP contribution >= 0.6 is 11.8 Å². The second kappa shape index (κ2) is 5.41. The van der Waals surface area contributed by atoms with E-state index in [-0.39, 0.29) is 6.61 Å². The van der Waals surface area contributed by atoms with Gasteiger partial charge in [0.1, 0.15) is 0 Å². The zero-order chi connectivity index (χ0) is 6.41. The molecule has 0 aromatic heterocycles. The van der Waals surface area contributed by atoms with Crippen molar-refractivity contribution in [2.24, 2.45) is 0 Å². The van der Waals surface area contributed by atoms with Gasteiger partial charge in [0.2, 0.25) is 0 Å². The van der Waals surface area contributed by atoms with Crippen molar-refractivity contribution in [3.8, 4) is 0 Å². The lowest BCUT2D eigenvalue weighted by Crippen LogP contribution is -2.14. The number of hydrogen-bond donors (Lipinski definition) is 2. The van der Waals surface area contributed by atoms with E-state index in [9.17, 15) is 0 Å². The third-order valence-electron chi connectivity index (χ3n) is 0.725. The molecular weight excluding hydrogens is 124 g/mol. The minimum absolute atomic E-state index is 0.118. The number of aliphatic hydroxyl groups excluding tert-OH is 2. The molecule has 0 bridgehead atoms. The first kappa shape index (κ1) is 8.27. The summed E-state index contributed by atoms with van der Waals surface area (Å²) in [6, 6.07) is 0. The molecule has 0 radical (unpaired) electrons. The molecule has 2 N–H and O–H groups in total. The second-order valence-corrected chi connectivity index (χ2v) is 2.81. The maximum Gasteiger partial charge on any atom is 0.0861 e. The Bertz CT molecular complexity index is 49.7. The van der Waals surface area contributed by atoms with E-state index in [1.165, 1.54) is 0 Å². The molecule has 0 aromatic carbocycles. The fraction of sp³-hybridized carbons (Fsp3) is 1.00. The Morgan fingerprint density at radius 3 is 2.62 bits per heavy atom. The molecule has 8 heavy (non-hydrogen) atoms. The summed E-state index contributed by atoms with van der Waals surface area (Å²) in [5.41, 5.74) is 0. The van der Waals surface area contributed by atoms with E-state index in [4.69, 9.17) is 10.2 Å². The molecule has 0 spiro atoms. The molecule has 0 aliphatic carbocycles. The smallest absolute Gasteiger partial charge is 0.0861 e. The van der Waals surface area contributed by atoms with Crippen LogP contribution in [0.2, 0.25) is 0 Å². The number of aliphatic hydroxyl groups is 2. The summed E-state index contributed by atoms with van der Waals surface area (Å²) in [4.78, 5) is 0. The highest BCUT2D eigenvalue weighted by molar-refractivity contribution is 7.99. The van der Waals surface area contributed by atoms with Crippen LogP contribution in [0.25, 0.3) is 0 Å². The van der Waals surface area contributed by atoms with Gasteiger partial charge in [-0.15, -0.1) is 0 Å². The zero-order valence-electron chi connectivity index (χ0n) is 5.00. The Balaban J connectivity index is 2.86. The van der Waals surface area contributed by atoms with E-state index in [2.05, 4.69) is 0 Å². The second-order valence-electron chi connectivity index (χ2n) is 1.50. The fourth-order valence-electron chi connectivity index (χ4n) is 0.307. The van der Waals surface area contributed by atoms with Gasteiger partial charge in [0, 0.05) is 5.75 Å². The Morgan fingerprint density at radius 2 is 2.25 bits per heavy atom. The van der Waals surface area contributed by atoms with Crippen LogP contribution < -0.4 is 0 Å². The van der Waals surface area contributed by atoms with Crippen LogP contribution in [-0.4, -0.2) is 34.4 Å². The summed E-state index contributed by atoms with van der Waals surface area (Å²) in [6.07, 6.45) is -0.528. The van der Waals surface area contributed by atoms with Crippen LogP contribution in [-0.2, 0) is 0 Å². The first-order valence-electron chi connectivity index (χ1n) is 2.68. The van der Waals surface area contributed by atoms with Gasteiger partial charge in [-0.05, 0) is 5.75 Å². The molecule has 50 valence electrons. The van der Waals surface area contributed by atoms with Crippen LogP contribution in [0.15, 0.2) is 0 Å². The van der Waals surface area contributed by atoms with Gasteiger partial charge in [-0.25, -0.2) is 0 Å². The van der Waals surface area contributed by atoms with Crippen LogP contribution in [0.5, 0.6) is 0 Å². The summed E-state index contributed by atoms with van der Waals surface area (Å²) in [7, 11) is 0. The third kappa shape index (κ3) is 4.43. The van der Waals surface area contributed by atoms with E-state index in [1.54, 1.807) is 11.8 Å². The van der Waals surface area contributed by atoms with Crippen LogP contribution in [0.3, 0.4) is 0 Å². The van der Waals surface area contributed by atoms with Gasteiger partial charge in [0.15, 0.2) is 0 Å². The molecule has 1 atom stereocenters. The molecule has 2 nitrogen and oxygen atoms in total. The highest BCUT2D eigenvalue weighted by atomic mass is 32.2. The predicted octanol–water partition coefficient (Wildman–Crippen LogP) is 0.0927. The standard InChI is InChI=1S/C5H12O2S/c1-2-8-4-5(7)3-6/h5-7H,2-4H2,1H3. The van der Waals surface area contributed by atoms with E-state index in [0.29, 0.717) is 5.75 Å². The quantitative estimate of drug-likeness (QED) is 0.575. The summed E-state index contributed by atoms with van der Waals surface area (Å²) < 4.78 is 0. The molecule has 0 aliphatic heterocycles. The Morgan fingerprint density at radius 1 is 1.62 bits per heavy atom. The first-order valence-corrected chi connectivity index (χ1v) is 3.83. The highest BCUT2D eigenvalue weighted by Crippen LogP contribution is 1.99. The van der Waals surface area contributed by atoms with Gasteiger partial charge >= 0.3 is 0 Å². The van der Waals surface area contributed by atoms with Crippen molar-refractivity contribution in [2.75, 3.05) is 18.1 Å². The molecule has 0 aliphatic rings. The normalized spacial score (nSPS) is 13.9. The van der Waals surface area contributed by atoms with Crippen LogP contribution in [0.4, 0.5) is 0 Å². The molecule has 0 saturated heterocycles. The molecular formula is C5H12O2S. The third-order valence-corrected chi connectivity index (χ3v) is 1.75. The summed E-state index contributed by atoms with van der Waals surface area (Å²) in [6.45, 7) is 1.90. The molecule has 0 rings (SSSR count). The molecule has 0 heterocycles. The van der Waals surface area contributed by atoms with E-state index in [0.717, 1.165) is 5.75 Å². The SMILES string of the molecule is CCSCC(O)CO. The molecule has 0 saturated carbocycles. The molecule has 0 fully saturated rings. The number of hydrogen-bond acceptors (Lipinski definition) is 3.